The fourth-order valence-corrected chi connectivity index (χ4v) is 0.868. The molecule has 0 bridgehead atoms. The minimum atomic E-state index is -0.592. The molecule has 0 aromatic heterocycles. The molecule has 0 aliphatic rings. The molecule has 0 aromatic carbocycles. The molecule has 0 fully saturated rings. The highest BCUT2D eigenvalue weighted by molar-refractivity contribution is 5.67. The lowest BCUT2D eigenvalue weighted by Gasteiger charge is -2.22. The van der Waals surface area contributed by atoms with Gasteiger partial charge in [0.1, 0.15) is 6.61 Å². The van der Waals surface area contributed by atoms with Crippen molar-refractivity contribution in [1.29, 1.82) is 0 Å². The van der Waals surface area contributed by atoms with Crippen molar-refractivity contribution in [2.45, 2.75) is 33.6 Å². The minimum absolute atomic E-state index is 0.152. The number of carbonyl (C=O) groups excluding carboxylic acids is 2. The highest BCUT2D eigenvalue weighted by Crippen LogP contribution is 2.23. The molecule has 0 rings (SSSR count). The first-order chi connectivity index (χ1) is 5.60. The third-order valence-corrected chi connectivity index (χ3v) is 2.12. The highest BCUT2D eigenvalue weighted by Gasteiger charge is 2.28. The standard InChI is InChI=1S/C9H15O3/c1-4-9(5-2,6-10)7-12-8(3)11/h4-5,7H2,1-3H3. The third kappa shape index (κ3) is 3.03. The van der Waals surface area contributed by atoms with Crippen LogP contribution in [0.25, 0.3) is 0 Å². The maximum atomic E-state index is 10.6. The van der Waals surface area contributed by atoms with Gasteiger partial charge in [-0.1, -0.05) is 13.8 Å². The van der Waals surface area contributed by atoms with Crippen molar-refractivity contribution in [3.8, 4) is 0 Å². The molecule has 0 amide bonds. The van der Waals surface area contributed by atoms with Gasteiger partial charge in [-0.15, -0.1) is 0 Å². The molecule has 0 aliphatic heterocycles. The van der Waals surface area contributed by atoms with Gasteiger partial charge in [-0.2, -0.15) is 0 Å². The second-order valence-corrected chi connectivity index (χ2v) is 2.87. The van der Waals surface area contributed by atoms with Gasteiger partial charge >= 0.3 is 5.97 Å². The molecule has 0 N–H and O–H groups in total. The van der Waals surface area contributed by atoms with Crippen LogP contribution in [0, 0.1) is 5.41 Å². The lowest BCUT2D eigenvalue weighted by atomic mass is 9.85. The molecule has 0 aliphatic carbocycles. The second kappa shape index (κ2) is 4.91. The molecular weight excluding hydrogens is 156 g/mol. The smallest absolute Gasteiger partial charge is 0.302 e. The number of hydrogen-bond donors (Lipinski definition) is 0. The Balaban J connectivity index is 4.11. The molecule has 1 radical (unpaired) electrons. The molecule has 0 saturated heterocycles. The average molecular weight is 171 g/mol. The van der Waals surface area contributed by atoms with E-state index >= 15 is 0 Å². The monoisotopic (exact) mass is 171 g/mol. The predicted molar refractivity (Wildman–Crippen MR) is 45.3 cm³/mol. The number of ether oxygens (including phenoxy) is 1. The maximum Gasteiger partial charge on any atom is 0.302 e. The van der Waals surface area contributed by atoms with E-state index in [1.54, 1.807) is 0 Å². The van der Waals surface area contributed by atoms with E-state index in [-0.39, 0.29) is 12.6 Å². The predicted octanol–water partition coefficient (Wildman–Crippen LogP) is 1.47. The summed E-state index contributed by atoms with van der Waals surface area (Å²) in [6, 6.07) is 0. The molecule has 3 heteroatoms. The summed E-state index contributed by atoms with van der Waals surface area (Å²) in [5, 5.41) is 0. The fraction of sp³-hybridized carbons (Fsp3) is 0.778. The first-order valence-corrected chi connectivity index (χ1v) is 4.13. The first-order valence-electron chi connectivity index (χ1n) is 4.13. The highest BCUT2D eigenvalue weighted by atomic mass is 16.5. The van der Waals surface area contributed by atoms with Crippen LogP contribution in [0.5, 0.6) is 0 Å². The van der Waals surface area contributed by atoms with Crippen molar-refractivity contribution >= 4 is 12.3 Å². The van der Waals surface area contributed by atoms with Crippen molar-refractivity contribution in [2.75, 3.05) is 6.61 Å². The van der Waals surface area contributed by atoms with Crippen LogP contribution in [0.15, 0.2) is 0 Å². The Bertz CT molecular complexity index is 159. The van der Waals surface area contributed by atoms with Crippen LogP contribution in [0.1, 0.15) is 33.6 Å². The van der Waals surface area contributed by atoms with Gasteiger partial charge in [0.05, 0.1) is 5.41 Å². The molecule has 0 heterocycles. The SMILES string of the molecule is CCC([C]=O)(CC)COC(C)=O. The minimum Gasteiger partial charge on any atom is -0.465 e. The van der Waals surface area contributed by atoms with E-state index in [0.717, 1.165) is 0 Å². The molecule has 0 saturated carbocycles. The largest absolute Gasteiger partial charge is 0.465 e. The maximum absolute atomic E-state index is 10.6. The van der Waals surface area contributed by atoms with Gasteiger partial charge in [-0.25, -0.2) is 0 Å². The van der Waals surface area contributed by atoms with Crippen LogP contribution in [-0.4, -0.2) is 18.9 Å². The summed E-state index contributed by atoms with van der Waals surface area (Å²) in [7, 11) is 0. The molecule has 0 aromatic rings. The van der Waals surface area contributed by atoms with Gasteiger partial charge in [0.2, 0.25) is 6.29 Å². The lowest BCUT2D eigenvalue weighted by Crippen LogP contribution is -2.28. The molecule has 0 spiro atoms. The number of rotatable bonds is 5. The zero-order chi connectivity index (χ0) is 9.61. The molecule has 69 valence electrons. The Kier molecular flexibility index (Phi) is 4.55. The van der Waals surface area contributed by atoms with Crippen LogP contribution in [-0.2, 0) is 14.3 Å². The first kappa shape index (κ1) is 11.1. The van der Waals surface area contributed by atoms with Crippen LogP contribution >= 0.6 is 0 Å². The quantitative estimate of drug-likeness (QED) is 0.588. The van der Waals surface area contributed by atoms with E-state index < -0.39 is 5.41 Å². The van der Waals surface area contributed by atoms with Gasteiger partial charge in [-0.3, -0.25) is 9.59 Å². The summed E-state index contributed by atoms with van der Waals surface area (Å²) >= 11 is 0. The van der Waals surface area contributed by atoms with Gasteiger partial charge < -0.3 is 4.74 Å². The summed E-state index contributed by atoms with van der Waals surface area (Å²) in [6.07, 6.45) is 3.25. The number of carbonyl (C=O) groups is 1. The Morgan fingerprint density at radius 3 is 2.17 bits per heavy atom. The summed E-state index contributed by atoms with van der Waals surface area (Å²) < 4.78 is 4.78. The molecular formula is C9H15O3. The van der Waals surface area contributed by atoms with Gasteiger partial charge in [0.15, 0.2) is 0 Å². The third-order valence-electron chi connectivity index (χ3n) is 2.12. The van der Waals surface area contributed by atoms with Crippen molar-refractivity contribution in [3.63, 3.8) is 0 Å². The van der Waals surface area contributed by atoms with Crippen LogP contribution in [0.2, 0.25) is 0 Å². The summed E-state index contributed by atoms with van der Waals surface area (Å²) in [6.45, 7) is 5.26. The number of hydrogen-bond acceptors (Lipinski definition) is 3. The zero-order valence-corrected chi connectivity index (χ0v) is 7.85. The van der Waals surface area contributed by atoms with Crippen LogP contribution in [0.4, 0.5) is 0 Å². The van der Waals surface area contributed by atoms with E-state index in [9.17, 15) is 9.59 Å². The lowest BCUT2D eigenvalue weighted by molar-refractivity contribution is -0.143. The molecule has 12 heavy (non-hydrogen) atoms. The Hall–Kier alpha value is -0.860. The van der Waals surface area contributed by atoms with E-state index in [1.165, 1.54) is 6.92 Å². The van der Waals surface area contributed by atoms with E-state index in [2.05, 4.69) is 0 Å². The summed E-state index contributed by atoms with van der Waals surface area (Å²) in [5.74, 6) is -0.350. The van der Waals surface area contributed by atoms with Gasteiger partial charge in [0.25, 0.3) is 0 Å². The second-order valence-electron chi connectivity index (χ2n) is 2.87. The van der Waals surface area contributed by atoms with Crippen molar-refractivity contribution < 1.29 is 14.3 Å². The fourth-order valence-electron chi connectivity index (χ4n) is 0.868. The Labute approximate surface area is 73.1 Å². The van der Waals surface area contributed by atoms with Gasteiger partial charge in [-0.05, 0) is 12.8 Å². The average Bonchev–Trinajstić information content (AvgIpc) is 2.08. The van der Waals surface area contributed by atoms with Crippen molar-refractivity contribution in [3.05, 3.63) is 0 Å². The molecule has 0 unspecified atom stereocenters. The van der Waals surface area contributed by atoms with Crippen molar-refractivity contribution in [1.82, 2.24) is 0 Å². The molecule has 0 atom stereocenters. The van der Waals surface area contributed by atoms with E-state index in [4.69, 9.17) is 4.74 Å². The summed E-state index contributed by atoms with van der Waals surface area (Å²) in [5.41, 5.74) is -0.592. The molecule has 3 nitrogen and oxygen atoms in total. The summed E-state index contributed by atoms with van der Waals surface area (Å²) in [4.78, 5) is 21.1. The number of esters is 1. The van der Waals surface area contributed by atoms with E-state index in [0.29, 0.717) is 12.8 Å². The topological polar surface area (TPSA) is 43.4 Å². The van der Waals surface area contributed by atoms with E-state index in [1.807, 2.05) is 20.1 Å². The Morgan fingerprint density at radius 1 is 1.42 bits per heavy atom. The Morgan fingerprint density at radius 2 is 1.92 bits per heavy atom. The van der Waals surface area contributed by atoms with Gasteiger partial charge in [0, 0.05) is 6.92 Å². The van der Waals surface area contributed by atoms with Crippen molar-refractivity contribution in [2.24, 2.45) is 5.41 Å². The van der Waals surface area contributed by atoms with Crippen LogP contribution < -0.4 is 0 Å². The zero-order valence-electron chi connectivity index (χ0n) is 7.85. The van der Waals surface area contributed by atoms with Crippen LogP contribution in [0.3, 0.4) is 0 Å². The normalized spacial score (nSPS) is 10.9.